The molecule has 2 aliphatic rings. The van der Waals surface area contributed by atoms with Gasteiger partial charge >= 0.3 is 0 Å². The molecule has 0 aromatic carbocycles. The lowest BCUT2D eigenvalue weighted by molar-refractivity contribution is -0.0162. The highest BCUT2D eigenvalue weighted by Gasteiger charge is 2.29. The zero-order valence-corrected chi connectivity index (χ0v) is 13.5. The van der Waals surface area contributed by atoms with Gasteiger partial charge in [-0.05, 0) is 12.8 Å². The number of rotatable bonds is 8. The largest absolute Gasteiger partial charge is 0.377 e. The lowest BCUT2D eigenvalue weighted by Crippen LogP contribution is -2.20. The van der Waals surface area contributed by atoms with Gasteiger partial charge in [0.2, 0.25) is 0 Å². The standard InChI is InChI=1S/C12H22O7S2/c13-20(14)7-1-11(9-20)18-5-3-17-4-6-19-12-2-8-21(15,16)10-12/h11-12H,1-10H2. The van der Waals surface area contributed by atoms with Crippen molar-refractivity contribution >= 4 is 19.7 Å². The Morgan fingerprint density at radius 1 is 0.714 bits per heavy atom. The highest BCUT2D eigenvalue weighted by molar-refractivity contribution is 7.91. The Bertz CT molecular complexity index is 478. The first-order chi connectivity index (χ1) is 9.86. The van der Waals surface area contributed by atoms with Crippen LogP contribution in [0.2, 0.25) is 0 Å². The van der Waals surface area contributed by atoms with Gasteiger partial charge in [-0.25, -0.2) is 16.8 Å². The van der Waals surface area contributed by atoms with Crippen molar-refractivity contribution in [3.05, 3.63) is 0 Å². The molecular weight excluding hydrogens is 320 g/mol. The van der Waals surface area contributed by atoms with Crippen LogP contribution in [0.4, 0.5) is 0 Å². The van der Waals surface area contributed by atoms with E-state index in [9.17, 15) is 16.8 Å². The summed E-state index contributed by atoms with van der Waals surface area (Å²) >= 11 is 0. The van der Waals surface area contributed by atoms with Gasteiger partial charge in [-0.2, -0.15) is 0 Å². The summed E-state index contributed by atoms with van der Waals surface area (Å²) in [6.45, 7) is 1.47. The molecule has 0 amide bonds. The number of ether oxygens (including phenoxy) is 3. The fourth-order valence-electron chi connectivity index (χ4n) is 2.43. The van der Waals surface area contributed by atoms with E-state index < -0.39 is 19.7 Å². The van der Waals surface area contributed by atoms with Crippen LogP contribution >= 0.6 is 0 Å². The van der Waals surface area contributed by atoms with Crippen molar-refractivity contribution in [2.24, 2.45) is 0 Å². The van der Waals surface area contributed by atoms with E-state index in [1.54, 1.807) is 0 Å². The van der Waals surface area contributed by atoms with Gasteiger partial charge < -0.3 is 14.2 Å². The minimum Gasteiger partial charge on any atom is -0.377 e. The summed E-state index contributed by atoms with van der Waals surface area (Å²) in [7, 11) is -5.80. The van der Waals surface area contributed by atoms with Gasteiger partial charge in [0.05, 0.1) is 61.6 Å². The second kappa shape index (κ2) is 7.36. The quantitative estimate of drug-likeness (QED) is 0.544. The van der Waals surface area contributed by atoms with Gasteiger partial charge in [-0.3, -0.25) is 0 Å². The highest BCUT2D eigenvalue weighted by atomic mass is 32.2. The zero-order chi connectivity index (χ0) is 15.3. The molecule has 2 rings (SSSR count). The van der Waals surface area contributed by atoms with Crippen LogP contribution in [0.1, 0.15) is 12.8 Å². The van der Waals surface area contributed by atoms with Gasteiger partial charge in [0.1, 0.15) is 0 Å². The SMILES string of the molecule is O=S1(=O)CCC(OCCOCCOC2CCS(=O)(=O)C2)C1. The van der Waals surface area contributed by atoms with Crippen molar-refractivity contribution in [2.45, 2.75) is 25.0 Å². The molecule has 0 aliphatic carbocycles. The molecule has 2 atom stereocenters. The lowest BCUT2D eigenvalue weighted by Gasteiger charge is -2.12. The predicted octanol–water partition coefficient (Wildman–Crippen LogP) is -0.590. The molecule has 0 saturated carbocycles. The average Bonchev–Trinajstić information content (AvgIpc) is 2.90. The summed E-state index contributed by atoms with van der Waals surface area (Å²) in [6, 6.07) is 0. The number of hydrogen-bond acceptors (Lipinski definition) is 7. The van der Waals surface area contributed by atoms with Crippen LogP contribution in [-0.2, 0) is 33.9 Å². The minimum absolute atomic E-state index is 0.103. The molecule has 9 heteroatoms. The van der Waals surface area contributed by atoms with Gasteiger partial charge in [-0.15, -0.1) is 0 Å². The molecule has 0 aromatic rings. The third kappa shape index (κ3) is 6.19. The van der Waals surface area contributed by atoms with Crippen molar-refractivity contribution in [3.8, 4) is 0 Å². The molecule has 2 heterocycles. The van der Waals surface area contributed by atoms with Crippen LogP contribution in [0.3, 0.4) is 0 Å². The van der Waals surface area contributed by atoms with Crippen LogP contribution in [0, 0.1) is 0 Å². The van der Waals surface area contributed by atoms with Crippen LogP contribution in [0.5, 0.6) is 0 Å². The summed E-state index contributed by atoms with van der Waals surface area (Å²) in [4.78, 5) is 0. The zero-order valence-electron chi connectivity index (χ0n) is 11.9. The topological polar surface area (TPSA) is 96.0 Å². The second-order valence-corrected chi connectivity index (χ2v) is 9.86. The van der Waals surface area contributed by atoms with E-state index in [1.165, 1.54) is 0 Å². The van der Waals surface area contributed by atoms with Crippen LogP contribution in [0.15, 0.2) is 0 Å². The highest BCUT2D eigenvalue weighted by Crippen LogP contribution is 2.15. The average molecular weight is 342 g/mol. The molecule has 124 valence electrons. The Kier molecular flexibility index (Phi) is 6.01. The van der Waals surface area contributed by atoms with Crippen molar-refractivity contribution in [1.29, 1.82) is 0 Å². The van der Waals surface area contributed by atoms with Crippen LogP contribution in [-0.4, -0.2) is 78.5 Å². The summed E-state index contributed by atoms with van der Waals surface area (Å²) in [5, 5.41) is 0. The first kappa shape index (κ1) is 17.1. The fraction of sp³-hybridized carbons (Fsp3) is 1.00. The van der Waals surface area contributed by atoms with E-state index in [2.05, 4.69) is 0 Å². The molecular formula is C12H22O7S2. The van der Waals surface area contributed by atoms with E-state index >= 15 is 0 Å². The Morgan fingerprint density at radius 2 is 1.14 bits per heavy atom. The van der Waals surface area contributed by atoms with E-state index in [4.69, 9.17) is 14.2 Å². The molecule has 0 spiro atoms. The van der Waals surface area contributed by atoms with E-state index in [0.717, 1.165) is 0 Å². The summed E-state index contributed by atoms with van der Waals surface area (Å²) in [5.41, 5.74) is 0. The second-order valence-electron chi connectivity index (χ2n) is 5.40. The van der Waals surface area contributed by atoms with Gasteiger partial charge in [-0.1, -0.05) is 0 Å². The van der Waals surface area contributed by atoms with Crippen molar-refractivity contribution in [2.75, 3.05) is 49.4 Å². The van der Waals surface area contributed by atoms with Gasteiger partial charge in [0.25, 0.3) is 0 Å². The van der Waals surface area contributed by atoms with Crippen LogP contribution < -0.4 is 0 Å². The third-order valence-corrected chi connectivity index (χ3v) is 7.02. The number of sulfone groups is 2. The molecule has 0 aromatic heterocycles. The Hall–Kier alpha value is -0.220. The maximum Gasteiger partial charge on any atom is 0.152 e. The molecule has 2 saturated heterocycles. The van der Waals surface area contributed by atoms with Crippen molar-refractivity contribution < 1.29 is 31.0 Å². The smallest absolute Gasteiger partial charge is 0.152 e. The first-order valence-corrected chi connectivity index (χ1v) is 10.7. The molecule has 2 fully saturated rings. The Labute approximate surface area is 125 Å². The number of hydrogen-bond donors (Lipinski definition) is 0. The monoisotopic (exact) mass is 342 g/mol. The van der Waals surface area contributed by atoms with Gasteiger partial charge in [0, 0.05) is 0 Å². The van der Waals surface area contributed by atoms with Crippen LogP contribution in [0.25, 0.3) is 0 Å². The van der Waals surface area contributed by atoms with E-state index in [-0.39, 0.29) is 35.2 Å². The molecule has 21 heavy (non-hydrogen) atoms. The van der Waals surface area contributed by atoms with E-state index in [0.29, 0.717) is 39.3 Å². The van der Waals surface area contributed by atoms with Crippen molar-refractivity contribution in [3.63, 3.8) is 0 Å². The molecule has 0 bridgehead atoms. The maximum atomic E-state index is 11.2. The Balaban J connectivity index is 1.44. The summed E-state index contributed by atoms with van der Waals surface area (Å²) in [5.74, 6) is 0.617. The van der Waals surface area contributed by atoms with E-state index in [1.807, 2.05) is 0 Å². The maximum absolute atomic E-state index is 11.2. The van der Waals surface area contributed by atoms with Crippen molar-refractivity contribution in [1.82, 2.24) is 0 Å². The molecule has 0 radical (unpaired) electrons. The minimum atomic E-state index is -2.90. The molecule has 7 nitrogen and oxygen atoms in total. The first-order valence-electron chi connectivity index (χ1n) is 7.08. The lowest BCUT2D eigenvalue weighted by atomic mass is 10.3. The Morgan fingerprint density at radius 3 is 1.48 bits per heavy atom. The fourth-order valence-corrected chi connectivity index (χ4v) is 5.67. The van der Waals surface area contributed by atoms with Gasteiger partial charge in [0.15, 0.2) is 19.7 Å². The normalized spacial score (nSPS) is 30.7. The predicted molar refractivity (Wildman–Crippen MR) is 76.8 cm³/mol. The molecule has 2 aliphatic heterocycles. The summed E-state index contributed by atoms with van der Waals surface area (Å²) in [6.07, 6.45) is 0.695. The third-order valence-electron chi connectivity index (χ3n) is 3.54. The summed E-state index contributed by atoms with van der Waals surface area (Å²) < 4.78 is 61.0. The molecule has 0 N–H and O–H groups in total. The molecule has 2 unspecified atom stereocenters.